The molecule has 3 N–H and O–H groups in total. The molecule has 0 aliphatic carbocycles. The molecule has 0 saturated heterocycles. The fourth-order valence-electron chi connectivity index (χ4n) is 2.31. The summed E-state index contributed by atoms with van der Waals surface area (Å²) in [5.74, 6) is -0.388. The summed E-state index contributed by atoms with van der Waals surface area (Å²) in [6.07, 6.45) is 0. The summed E-state index contributed by atoms with van der Waals surface area (Å²) in [7, 11) is 0. The zero-order chi connectivity index (χ0) is 20.4. The lowest BCUT2D eigenvalue weighted by Gasteiger charge is -2.13. The van der Waals surface area contributed by atoms with Crippen molar-refractivity contribution in [2.75, 3.05) is 19.8 Å². The van der Waals surface area contributed by atoms with E-state index in [0.29, 0.717) is 36.7 Å². The van der Waals surface area contributed by atoms with Crippen molar-refractivity contribution >= 4 is 29.1 Å². The van der Waals surface area contributed by atoms with Crippen molar-refractivity contribution in [3.05, 3.63) is 65.2 Å². The third kappa shape index (κ3) is 6.64. The number of hydrazine groups is 1. The molecule has 2 rings (SSSR count). The number of nitrogens with one attached hydrogen (secondary N) is 3. The number of carbonyl (C=O) groups excluding carboxylic acids is 2. The minimum atomic E-state index is -0.450. The van der Waals surface area contributed by atoms with Crippen molar-refractivity contribution in [1.82, 2.24) is 16.2 Å². The van der Waals surface area contributed by atoms with Gasteiger partial charge >= 0.3 is 0 Å². The summed E-state index contributed by atoms with van der Waals surface area (Å²) in [5, 5.41) is 2.48. The molecule has 0 bridgehead atoms. The van der Waals surface area contributed by atoms with Gasteiger partial charge in [-0.1, -0.05) is 29.8 Å². The highest BCUT2D eigenvalue weighted by molar-refractivity contribution is 7.80. The van der Waals surface area contributed by atoms with Crippen LogP contribution in [0.5, 0.6) is 5.75 Å². The highest BCUT2D eigenvalue weighted by Gasteiger charge is 2.14. The molecule has 28 heavy (non-hydrogen) atoms. The Morgan fingerprint density at radius 3 is 2.54 bits per heavy atom. The van der Waals surface area contributed by atoms with Crippen molar-refractivity contribution < 1.29 is 19.1 Å². The highest BCUT2D eigenvalue weighted by atomic mass is 32.1. The van der Waals surface area contributed by atoms with E-state index in [1.165, 1.54) is 0 Å². The Hall–Kier alpha value is -2.97. The molecule has 0 aliphatic heterocycles. The van der Waals surface area contributed by atoms with Gasteiger partial charge in [0.15, 0.2) is 5.11 Å². The molecule has 7 nitrogen and oxygen atoms in total. The minimum Gasteiger partial charge on any atom is -0.490 e. The van der Waals surface area contributed by atoms with Crippen LogP contribution in [0.15, 0.2) is 48.5 Å². The van der Waals surface area contributed by atoms with Crippen LogP contribution >= 0.6 is 12.2 Å². The molecular weight excluding hydrogens is 378 g/mol. The van der Waals surface area contributed by atoms with Crippen LogP contribution < -0.4 is 20.9 Å². The van der Waals surface area contributed by atoms with Gasteiger partial charge in [0.25, 0.3) is 11.8 Å². The second-order valence-electron chi connectivity index (χ2n) is 5.77. The van der Waals surface area contributed by atoms with E-state index in [1.807, 2.05) is 19.9 Å². The largest absolute Gasteiger partial charge is 0.490 e. The van der Waals surface area contributed by atoms with Crippen LogP contribution in [0.1, 0.15) is 33.2 Å². The second kappa shape index (κ2) is 11.0. The molecular formula is C20H23N3O4S. The van der Waals surface area contributed by atoms with Crippen LogP contribution in [0.2, 0.25) is 0 Å². The lowest BCUT2D eigenvalue weighted by atomic mass is 10.1. The smallest absolute Gasteiger partial charge is 0.269 e. The fraction of sp³-hybridized carbons (Fsp3) is 0.250. The maximum Gasteiger partial charge on any atom is 0.269 e. The van der Waals surface area contributed by atoms with Gasteiger partial charge in [-0.05, 0) is 50.3 Å². The Morgan fingerprint density at radius 2 is 1.79 bits per heavy atom. The van der Waals surface area contributed by atoms with Crippen molar-refractivity contribution in [1.29, 1.82) is 0 Å². The van der Waals surface area contributed by atoms with Gasteiger partial charge < -0.3 is 9.47 Å². The summed E-state index contributed by atoms with van der Waals surface area (Å²) >= 11 is 5.07. The first kappa shape index (κ1) is 21.3. The van der Waals surface area contributed by atoms with Gasteiger partial charge in [-0.3, -0.25) is 25.8 Å². The van der Waals surface area contributed by atoms with Gasteiger partial charge in [-0.15, -0.1) is 0 Å². The first-order valence-electron chi connectivity index (χ1n) is 8.79. The zero-order valence-corrected chi connectivity index (χ0v) is 16.6. The number of rotatable bonds is 7. The number of ether oxygens (including phenoxy) is 2. The standard InChI is InChI=1S/C20H23N3O4S/c1-3-26-11-12-27-17-10-5-4-9-16(17)19(25)21-20(28)23-22-18(24)15-8-6-7-14(2)13-15/h4-10,13H,3,11-12H2,1-2H3,(H,22,24)(H2,21,23,25,28). The maximum atomic E-state index is 12.5. The number of para-hydroxylation sites is 1. The summed E-state index contributed by atoms with van der Waals surface area (Å²) in [6, 6.07) is 13.9. The normalized spacial score (nSPS) is 10.1. The van der Waals surface area contributed by atoms with E-state index >= 15 is 0 Å². The summed E-state index contributed by atoms with van der Waals surface area (Å²) in [6.45, 7) is 5.14. The number of hydrogen-bond acceptors (Lipinski definition) is 5. The van der Waals surface area contributed by atoms with Crippen LogP contribution in [0.25, 0.3) is 0 Å². The summed E-state index contributed by atoms with van der Waals surface area (Å²) < 4.78 is 10.8. The molecule has 0 atom stereocenters. The molecule has 0 heterocycles. The van der Waals surface area contributed by atoms with Gasteiger partial charge in [-0.25, -0.2) is 0 Å². The Bertz CT molecular complexity index is 842. The Labute approximate surface area is 169 Å². The number of hydrogen-bond donors (Lipinski definition) is 3. The average molecular weight is 401 g/mol. The monoisotopic (exact) mass is 401 g/mol. The van der Waals surface area contributed by atoms with Gasteiger partial charge in [0, 0.05) is 12.2 Å². The molecule has 0 unspecified atom stereocenters. The Kier molecular flexibility index (Phi) is 8.38. The van der Waals surface area contributed by atoms with E-state index in [9.17, 15) is 9.59 Å². The molecule has 148 valence electrons. The van der Waals surface area contributed by atoms with Crippen LogP contribution in [-0.2, 0) is 4.74 Å². The lowest BCUT2D eigenvalue weighted by Crippen LogP contribution is -2.48. The van der Waals surface area contributed by atoms with Crippen molar-refractivity contribution in [2.24, 2.45) is 0 Å². The Balaban J connectivity index is 1.88. The molecule has 0 radical (unpaired) electrons. The lowest BCUT2D eigenvalue weighted by molar-refractivity contribution is 0.0930. The van der Waals surface area contributed by atoms with E-state index in [2.05, 4.69) is 16.2 Å². The van der Waals surface area contributed by atoms with Crippen molar-refractivity contribution in [3.8, 4) is 5.75 Å². The van der Waals surface area contributed by atoms with Crippen molar-refractivity contribution in [3.63, 3.8) is 0 Å². The van der Waals surface area contributed by atoms with E-state index in [4.69, 9.17) is 21.7 Å². The number of thiocarbonyl (C=S) groups is 1. The predicted octanol–water partition coefficient (Wildman–Crippen LogP) is 2.36. The zero-order valence-electron chi connectivity index (χ0n) is 15.8. The molecule has 2 aromatic carbocycles. The number of amides is 2. The second-order valence-corrected chi connectivity index (χ2v) is 6.18. The molecule has 0 fully saturated rings. The summed E-state index contributed by atoms with van der Waals surface area (Å²) in [5.41, 5.74) is 6.74. The quantitative estimate of drug-likeness (QED) is 0.375. The summed E-state index contributed by atoms with van der Waals surface area (Å²) in [4.78, 5) is 24.6. The highest BCUT2D eigenvalue weighted by Crippen LogP contribution is 2.17. The van der Waals surface area contributed by atoms with Crippen LogP contribution in [0, 0.1) is 6.92 Å². The predicted molar refractivity (Wildman–Crippen MR) is 110 cm³/mol. The maximum absolute atomic E-state index is 12.5. The van der Waals surface area contributed by atoms with Crippen LogP contribution in [0.4, 0.5) is 0 Å². The number of carbonyl (C=O) groups is 2. The van der Waals surface area contributed by atoms with E-state index in [-0.39, 0.29) is 11.0 Å². The van der Waals surface area contributed by atoms with Gasteiger partial charge in [-0.2, -0.15) is 0 Å². The van der Waals surface area contributed by atoms with Crippen LogP contribution in [-0.4, -0.2) is 36.7 Å². The van der Waals surface area contributed by atoms with E-state index < -0.39 is 5.91 Å². The van der Waals surface area contributed by atoms with E-state index in [1.54, 1.807) is 42.5 Å². The van der Waals surface area contributed by atoms with E-state index in [0.717, 1.165) is 5.56 Å². The topological polar surface area (TPSA) is 88.7 Å². The third-order valence-electron chi connectivity index (χ3n) is 3.62. The number of aryl methyl sites for hydroxylation is 1. The molecule has 2 aromatic rings. The Morgan fingerprint density at radius 1 is 1.00 bits per heavy atom. The van der Waals surface area contributed by atoms with Gasteiger partial charge in [0.05, 0.1) is 12.2 Å². The van der Waals surface area contributed by atoms with Gasteiger partial charge in [0.2, 0.25) is 0 Å². The molecule has 8 heteroatoms. The minimum absolute atomic E-state index is 0.0323. The molecule has 0 aliphatic rings. The molecule has 0 saturated carbocycles. The molecule has 2 amide bonds. The first-order chi connectivity index (χ1) is 13.5. The average Bonchev–Trinajstić information content (AvgIpc) is 2.69. The number of benzene rings is 2. The SMILES string of the molecule is CCOCCOc1ccccc1C(=O)NC(=S)NNC(=O)c1cccc(C)c1. The molecule has 0 aromatic heterocycles. The fourth-order valence-corrected chi connectivity index (χ4v) is 2.45. The van der Waals surface area contributed by atoms with Gasteiger partial charge in [0.1, 0.15) is 12.4 Å². The van der Waals surface area contributed by atoms with Crippen LogP contribution in [0.3, 0.4) is 0 Å². The third-order valence-corrected chi connectivity index (χ3v) is 3.82. The first-order valence-corrected chi connectivity index (χ1v) is 9.20. The van der Waals surface area contributed by atoms with Crippen molar-refractivity contribution in [2.45, 2.75) is 13.8 Å². The molecule has 0 spiro atoms.